The number of ether oxygens (including phenoxy) is 1. The van der Waals surface area contributed by atoms with Crippen LogP contribution in [0.15, 0.2) is 72.8 Å². The van der Waals surface area contributed by atoms with Crippen LogP contribution < -0.4 is 0 Å². The van der Waals surface area contributed by atoms with Crippen molar-refractivity contribution in [1.29, 1.82) is 0 Å². The second-order valence-corrected chi connectivity index (χ2v) is 7.70. The Hall–Kier alpha value is -4.39. The van der Waals surface area contributed by atoms with Gasteiger partial charge in [-0.3, -0.25) is 14.9 Å². The molecule has 3 aromatic carbocycles. The van der Waals surface area contributed by atoms with Crippen LogP contribution in [0.25, 0.3) is 22.2 Å². The van der Waals surface area contributed by atoms with Gasteiger partial charge in [0.15, 0.2) is 12.4 Å². The van der Waals surface area contributed by atoms with Gasteiger partial charge in [-0.15, -0.1) is 0 Å². The maximum Gasteiger partial charge on any atom is 0.339 e. The number of pyridine rings is 1. The highest BCUT2D eigenvalue weighted by Crippen LogP contribution is 2.27. The minimum absolute atomic E-state index is 0.120. The molecule has 1 aromatic heterocycles. The predicted molar refractivity (Wildman–Crippen MR) is 124 cm³/mol. The van der Waals surface area contributed by atoms with Crippen molar-refractivity contribution in [3.63, 3.8) is 0 Å². The summed E-state index contributed by atoms with van der Waals surface area (Å²) >= 11 is 0. The fourth-order valence-corrected chi connectivity index (χ4v) is 3.49. The molecule has 0 fully saturated rings. The number of hydrogen-bond donors (Lipinski definition) is 0. The molecule has 0 aliphatic rings. The summed E-state index contributed by atoms with van der Waals surface area (Å²) in [4.78, 5) is 40.4. The normalized spacial score (nSPS) is 10.7. The number of benzene rings is 3. The van der Waals surface area contributed by atoms with Gasteiger partial charge in [0, 0.05) is 28.6 Å². The molecule has 0 spiro atoms. The van der Waals surface area contributed by atoms with Crippen molar-refractivity contribution >= 4 is 28.3 Å². The predicted octanol–water partition coefficient (Wildman–Crippen LogP) is 5.47. The van der Waals surface area contributed by atoms with Crippen molar-refractivity contribution in [2.24, 2.45) is 0 Å². The van der Waals surface area contributed by atoms with Gasteiger partial charge in [-0.05, 0) is 37.6 Å². The molecule has 0 aliphatic heterocycles. The summed E-state index contributed by atoms with van der Waals surface area (Å²) in [7, 11) is 0. The minimum atomic E-state index is -0.642. The van der Waals surface area contributed by atoms with Crippen LogP contribution in [0.5, 0.6) is 0 Å². The van der Waals surface area contributed by atoms with Crippen molar-refractivity contribution in [3.8, 4) is 11.3 Å². The van der Waals surface area contributed by atoms with Gasteiger partial charge in [0.1, 0.15) is 0 Å². The number of non-ortho nitro benzene ring substituents is 1. The summed E-state index contributed by atoms with van der Waals surface area (Å²) in [5.41, 5.74) is 4.62. The van der Waals surface area contributed by atoms with Crippen LogP contribution in [0, 0.1) is 24.0 Å². The zero-order chi connectivity index (χ0) is 23.5. The fourth-order valence-electron chi connectivity index (χ4n) is 3.49. The Morgan fingerprint density at radius 1 is 0.970 bits per heavy atom. The van der Waals surface area contributed by atoms with Crippen LogP contribution >= 0.6 is 0 Å². The summed E-state index contributed by atoms with van der Waals surface area (Å²) < 4.78 is 5.33. The van der Waals surface area contributed by atoms with Gasteiger partial charge in [0.05, 0.1) is 21.7 Å². The summed E-state index contributed by atoms with van der Waals surface area (Å²) in [5.74, 6) is -1.09. The van der Waals surface area contributed by atoms with Gasteiger partial charge in [-0.1, -0.05) is 48.0 Å². The van der Waals surface area contributed by atoms with E-state index in [1.54, 1.807) is 12.1 Å². The maximum absolute atomic E-state index is 13.0. The van der Waals surface area contributed by atoms with Crippen LogP contribution in [0.2, 0.25) is 0 Å². The summed E-state index contributed by atoms with van der Waals surface area (Å²) in [6.07, 6.45) is 0. The number of carbonyl (C=O) groups excluding carboxylic acids is 2. The molecule has 4 aromatic rings. The SMILES string of the molecule is Cc1ccc(-c2cc(C(=O)OCC(=O)c3ccc([N+](=O)[O-])cc3)c3cccc(C)c3n2)cc1. The number of rotatable bonds is 6. The Labute approximate surface area is 189 Å². The number of carbonyl (C=O) groups is 2. The molecule has 0 saturated heterocycles. The first kappa shape index (κ1) is 21.8. The first-order valence-corrected chi connectivity index (χ1v) is 10.3. The fraction of sp³-hybridized carbons (Fsp3) is 0.115. The molecule has 0 saturated carbocycles. The average Bonchev–Trinajstić information content (AvgIpc) is 2.82. The van der Waals surface area contributed by atoms with E-state index in [1.165, 1.54) is 24.3 Å². The maximum atomic E-state index is 13.0. The van der Waals surface area contributed by atoms with Gasteiger partial charge in [-0.2, -0.15) is 0 Å². The molecule has 0 atom stereocenters. The lowest BCUT2D eigenvalue weighted by Crippen LogP contribution is -2.15. The molecule has 4 rings (SSSR count). The molecule has 0 aliphatic carbocycles. The van der Waals surface area contributed by atoms with Crippen molar-refractivity contribution in [2.45, 2.75) is 13.8 Å². The van der Waals surface area contributed by atoms with Crippen LogP contribution in [0.1, 0.15) is 31.8 Å². The number of nitrogens with zero attached hydrogens (tertiary/aromatic N) is 2. The molecule has 0 bridgehead atoms. The molecular formula is C26H20N2O5. The molecular weight excluding hydrogens is 420 g/mol. The van der Waals surface area contributed by atoms with E-state index in [-0.39, 0.29) is 11.3 Å². The molecule has 1 heterocycles. The highest BCUT2D eigenvalue weighted by Gasteiger charge is 2.18. The van der Waals surface area contributed by atoms with Crippen molar-refractivity contribution < 1.29 is 19.2 Å². The third kappa shape index (κ3) is 4.62. The third-order valence-electron chi connectivity index (χ3n) is 5.34. The molecule has 164 valence electrons. The smallest absolute Gasteiger partial charge is 0.339 e. The van der Waals surface area contributed by atoms with E-state index in [4.69, 9.17) is 9.72 Å². The van der Waals surface area contributed by atoms with E-state index >= 15 is 0 Å². The molecule has 33 heavy (non-hydrogen) atoms. The molecule has 0 N–H and O–H groups in total. The number of fused-ring (bicyclic) bond motifs is 1. The lowest BCUT2D eigenvalue weighted by molar-refractivity contribution is -0.384. The second-order valence-electron chi connectivity index (χ2n) is 7.70. The van der Waals surface area contributed by atoms with E-state index in [0.717, 1.165) is 16.7 Å². The number of aromatic nitrogens is 1. The van der Waals surface area contributed by atoms with Gasteiger partial charge in [0.25, 0.3) is 5.69 Å². The number of nitro benzene ring substituents is 1. The molecule has 0 unspecified atom stereocenters. The lowest BCUT2D eigenvalue weighted by Gasteiger charge is -2.11. The number of aryl methyl sites for hydroxylation is 2. The van der Waals surface area contributed by atoms with E-state index in [9.17, 15) is 19.7 Å². The van der Waals surface area contributed by atoms with Crippen LogP contribution in [0.3, 0.4) is 0 Å². The van der Waals surface area contributed by atoms with Gasteiger partial charge < -0.3 is 4.74 Å². The summed E-state index contributed by atoms with van der Waals surface area (Å²) in [5, 5.41) is 11.4. The van der Waals surface area contributed by atoms with Crippen molar-refractivity contribution in [2.75, 3.05) is 6.61 Å². The highest BCUT2D eigenvalue weighted by atomic mass is 16.6. The Bertz CT molecular complexity index is 1380. The van der Waals surface area contributed by atoms with Crippen molar-refractivity contribution in [1.82, 2.24) is 4.98 Å². The van der Waals surface area contributed by atoms with E-state index < -0.39 is 23.3 Å². The van der Waals surface area contributed by atoms with Gasteiger partial charge in [-0.25, -0.2) is 9.78 Å². The first-order chi connectivity index (χ1) is 15.8. The number of hydrogen-bond acceptors (Lipinski definition) is 6. The number of nitro groups is 1. The molecule has 7 nitrogen and oxygen atoms in total. The Morgan fingerprint density at radius 2 is 1.67 bits per heavy atom. The number of ketones is 1. The average molecular weight is 440 g/mol. The highest BCUT2D eigenvalue weighted by molar-refractivity contribution is 6.06. The number of esters is 1. The molecule has 0 radical (unpaired) electrons. The Morgan fingerprint density at radius 3 is 2.33 bits per heavy atom. The quantitative estimate of drug-likeness (QED) is 0.171. The van der Waals surface area contributed by atoms with Gasteiger partial charge in [0.2, 0.25) is 0 Å². The van der Waals surface area contributed by atoms with E-state index in [0.29, 0.717) is 22.2 Å². The Kier molecular flexibility index (Phi) is 5.95. The lowest BCUT2D eigenvalue weighted by atomic mass is 10.0. The standard InChI is InChI=1S/C26H20N2O5/c1-16-6-8-18(9-7-16)23-14-22(21-5-3-4-17(2)25(21)27-23)26(30)33-15-24(29)19-10-12-20(13-11-19)28(31)32/h3-14H,15H2,1-2H3. The summed E-state index contributed by atoms with van der Waals surface area (Å²) in [6, 6.07) is 20.2. The van der Waals surface area contributed by atoms with E-state index in [1.807, 2.05) is 50.2 Å². The molecule has 0 amide bonds. The zero-order valence-corrected chi connectivity index (χ0v) is 18.1. The van der Waals surface area contributed by atoms with Gasteiger partial charge >= 0.3 is 5.97 Å². The third-order valence-corrected chi connectivity index (χ3v) is 5.34. The number of para-hydroxylation sites is 1. The van der Waals surface area contributed by atoms with Crippen LogP contribution in [0.4, 0.5) is 5.69 Å². The minimum Gasteiger partial charge on any atom is -0.454 e. The number of Topliss-reactive ketones (excluding diaryl/α,β-unsaturated/α-hetero) is 1. The Balaban J connectivity index is 1.63. The zero-order valence-electron chi connectivity index (χ0n) is 18.1. The summed E-state index contributed by atoms with van der Waals surface area (Å²) in [6.45, 7) is 3.43. The van der Waals surface area contributed by atoms with Crippen LogP contribution in [-0.4, -0.2) is 28.3 Å². The molecule has 7 heteroatoms. The van der Waals surface area contributed by atoms with Crippen molar-refractivity contribution in [3.05, 3.63) is 105 Å². The second kappa shape index (κ2) is 9.00. The monoisotopic (exact) mass is 440 g/mol. The largest absolute Gasteiger partial charge is 0.454 e. The first-order valence-electron chi connectivity index (χ1n) is 10.3. The topological polar surface area (TPSA) is 99.4 Å². The van der Waals surface area contributed by atoms with E-state index in [2.05, 4.69) is 0 Å². The van der Waals surface area contributed by atoms with Crippen LogP contribution in [-0.2, 0) is 4.74 Å².